The fourth-order valence-electron chi connectivity index (χ4n) is 2.55. The number of hydrogen-bond donors (Lipinski definition) is 1. The quantitative estimate of drug-likeness (QED) is 0.918. The largest absolute Gasteiger partial charge is 0.507 e. The van der Waals surface area contributed by atoms with Crippen molar-refractivity contribution >= 4 is 22.4 Å². The summed E-state index contributed by atoms with van der Waals surface area (Å²) >= 11 is 0. The Bertz CT molecular complexity index is 757. The topological polar surface area (TPSA) is 62.9 Å². The Kier molecular flexibility index (Phi) is 3.43. The number of nitrogens with zero attached hydrogens (tertiary/aromatic N) is 1. The van der Waals surface area contributed by atoms with Gasteiger partial charge in [0.2, 0.25) is 0 Å². The first-order valence-electron chi connectivity index (χ1n) is 6.86. The van der Waals surface area contributed by atoms with Gasteiger partial charge in [-0.1, -0.05) is 6.58 Å². The van der Waals surface area contributed by atoms with Crippen molar-refractivity contribution in [3.8, 4) is 5.75 Å². The summed E-state index contributed by atoms with van der Waals surface area (Å²) in [6.07, 6.45) is 0. The second-order valence-electron chi connectivity index (χ2n) is 5.17. The molecular weight excluding hydrogens is 270 g/mol. The van der Waals surface area contributed by atoms with Crippen molar-refractivity contribution in [2.45, 2.75) is 6.92 Å². The van der Waals surface area contributed by atoms with Crippen LogP contribution in [0.5, 0.6) is 5.75 Å². The molecule has 2 aromatic rings. The van der Waals surface area contributed by atoms with Gasteiger partial charge in [-0.25, -0.2) is 0 Å². The predicted octanol–water partition coefficient (Wildman–Crippen LogP) is 2.37. The summed E-state index contributed by atoms with van der Waals surface area (Å²) in [5.41, 5.74) is 1.40. The first kappa shape index (κ1) is 13.7. The number of hydrogen-bond acceptors (Lipinski definition) is 5. The number of benzene rings is 1. The van der Waals surface area contributed by atoms with Crippen molar-refractivity contribution < 1.29 is 14.3 Å². The van der Waals surface area contributed by atoms with Crippen LogP contribution in [0.25, 0.3) is 16.5 Å². The summed E-state index contributed by atoms with van der Waals surface area (Å²) in [4.78, 5) is 14.3. The van der Waals surface area contributed by atoms with Gasteiger partial charge in [0, 0.05) is 19.2 Å². The van der Waals surface area contributed by atoms with E-state index in [1.54, 1.807) is 13.0 Å². The third kappa shape index (κ3) is 2.40. The molecule has 1 aliphatic heterocycles. The van der Waals surface area contributed by atoms with Gasteiger partial charge in [-0.05, 0) is 24.6 Å². The SMILES string of the molecule is C=C(C)c1c(O)ccc2c(=O)cc(N3CCOCC3)oc12. The van der Waals surface area contributed by atoms with Crippen LogP contribution in [0.1, 0.15) is 12.5 Å². The zero-order valence-corrected chi connectivity index (χ0v) is 11.9. The minimum atomic E-state index is -0.125. The maximum atomic E-state index is 12.3. The Morgan fingerprint density at radius 3 is 2.71 bits per heavy atom. The lowest BCUT2D eigenvalue weighted by atomic mass is 10.0. The number of phenols is 1. The second kappa shape index (κ2) is 5.26. The van der Waals surface area contributed by atoms with E-state index in [1.807, 2.05) is 4.90 Å². The number of allylic oxidation sites excluding steroid dienone is 1. The molecule has 3 rings (SSSR count). The van der Waals surface area contributed by atoms with E-state index < -0.39 is 0 Å². The molecule has 2 heterocycles. The van der Waals surface area contributed by atoms with Crippen LogP contribution >= 0.6 is 0 Å². The Morgan fingerprint density at radius 1 is 1.33 bits per heavy atom. The highest BCUT2D eigenvalue weighted by atomic mass is 16.5. The van der Waals surface area contributed by atoms with Crippen LogP contribution in [0.15, 0.2) is 34.0 Å². The fourth-order valence-corrected chi connectivity index (χ4v) is 2.55. The summed E-state index contributed by atoms with van der Waals surface area (Å²) in [5, 5.41) is 10.5. The van der Waals surface area contributed by atoms with E-state index in [0.717, 1.165) is 0 Å². The van der Waals surface area contributed by atoms with Crippen molar-refractivity contribution in [2.75, 3.05) is 31.2 Å². The molecule has 0 amide bonds. The zero-order valence-electron chi connectivity index (χ0n) is 11.9. The van der Waals surface area contributed by atoms with Gasteiger partial charge in [-0.15, -0.1) is 0 Å². The molecule has 0 atom stereocenters. The summed E-state index contributed by atoms with van der Waals surface area (Å²) in [7, 11) is 0. The van der Waals surface area contributed by atoms with Gasteiger partial charge < -0.3 is 19.2 Å². The molecule has 0 radical (unpaired) electrons. The van der Waals surface area contributed by atoms with Gasteiger partial charge in [0.25, 0.3) is 0 Å². The molecule has 1 aromatic heterocycles. The van der Waals surface area contributed by atoms with E-state index in [9.17, 15) is 9.90 Å². The number of fused-ring (bicyclic) bond motifs is 1. The van der Waals surface area contributed by atoms with E-state index in [1.165, 1.54) is 12.1 Å². The standard InChI is InChI=1S/C16H17NO4/c1-10(2)15-12(18)4-3-11-13(19)9-14(21-16(11)15)17-5-7-20-8-6-17/h3-4,9,18H,1,5-8H2,2H3. The first-order chi connectivity index (χ1) is 10.1. The fraction of sp³-hybridized carbons (Fsp3) is 0.312. The molecule has 5 heteroatoms. The van der Waals surface area contributed by atoms with Gasteiger partial charge in [0.15, 0.2) is 16.9 Å². The normalized spacial score (nSPS) is 15.4. The van der Waals surface area contributed by atoms with Crippen LogP contribution < -0.4 is 10.3 Å². The average Bonchev–Trinajstić information content (AvgIpc) is 2.47. The van der Waals surface area contributed by atoms with Crippen LogP contribution in [-0.2, 0) is 4.74 Å². The molecule has 0 saturated carbocycles. The maximum absolute atomic E-state index is 12.3. The van der Waals surface area contributed by atoms with Crippen LogP contribution in [0.4, 0.5) is 5.88 Å². The number of aromatic hydroxyl groups is 1. The van der Waals surface area contributed by atoms with E-state index in [0.29, 0.717) is 54.3 Å². The van der Waals surface area contributed by atoms with E-state index in [2.05, 4.69) is 6.58 Å². The Labute approximate surface area is 122 Å². The molecule has 110 valence electrons. The van der Waals surface area contributed by atoms with Gasteiger partial charge in [-0.2, -0.15) is 0 Å². The monoisotopic (exact) mass is 287 g/mol. The molecular formula is C16H17NO4. The van der Waals surface area contributed by atoms with Crippen molar-refractivity contribution in [3.05, 3.63) is 40.6 Å². The highest BCUT2D eigenvalue weighted by Gasteiger charge is 2.18. The molecule has 1 saturated heterocycles. The highest BCUT2D eigenvalue weighted by molar-refractivity contribution is 5.91. The molecule has 5 nitrogen and oxygen atoms in total. The summed E-state index contributed by atoms with van der Waals surface area (Å²) in [6, 6.07) is 4.57. The zero-order chi connectivity index (χ0) is 15.0. The van der Waals surface area contributed by atoms with Crippen molar-refractivity contribution in [2.24, 2.45) is 0 Å². The second-order valence-corrected chi connectivity index (χ2v) is 5.17. The number of ether oxygens (including phenoxy) is 1. The van der Waals surface area contributed by atoms with Gasteiger partial charge in [0.05, 0.1) is 24.2 Å². The van der Waals surface area contributed by atoms with Crippen LogP contribution in [0.3, 0.4) is 0 Å². The minimum absolute atomic E-state index is 0.0669. The number of phenolic OH excluding ortho intramolecular Hbond substituents is 1. The summed E-state index contributed by atoms with van der Waals surface area (Å²) in [6.45, 7) is 8.19. The predicted molar refractivity (Wildman–Crippen MR) is 81.9 cm³/mol. The van der Waals surface area contributed by atoms with E-state index >= 15 is 0 Å². The van der Waals surface area contributed by atoms with Crippen LogP contribution in [0, 0.1) is 0 Å². The maximum Gasteiger partial charge on any atom is 0.200 e. The molecule has 1 N–H and O–H groups in total. The Balaban J connectivity index is 2.23. The average molecular weight is 287 g/mol. The van der Waals surface area contributed by atoms with E-state index in [4.69, 9.17) is 9.15 Å². The molecule has 1 fully saturated rings. The lowest BCUT2D eigenvalue weighted by molar-refractivity contribution is 0.121. The smallest absolute Gasteiger partial charge is 0.200 e. The first-order valence-corrected chi connectivity index (χ1v) is 6.86. The molecule has 0 bridgehead atoms. The van der Waals surface area contributed by atoms with E-state index in [-0.39, 0.29) is 11.2 Å². The van der Waals surface area contributed by atoms with Crippen LogP contribution in [-0.4, -0.2) is 31.4 Å². The number of rotatable bonds is 2. The molecule has 0 aliphatic carbocycles. The molecule has 0 spiro atoms. The van der Waals surface area contributed by atoms with Gasteiger partial charge in [-0.3, -0.25) is 4.79 Å². The van der Waals surface area contributed by atoms with Gasteiger partial charge in [0.1, 0.15) is 5.75 Å². The van der Waals surface area contributed by atoms with Gasteiger partial charge >= 0.3 is 0 Å². The molecule has 1 aromatic carbocycles. The lowest BCUT2D eigenvalue weighted by Crippen LogP contribution is -2.36. The van der Waals surface area contributed by atoms with Crippen molar-refractivity contribution in [3.63, 3.8) is 0 Å². The minimum Gasteiger partial charge on any atom is -0.507 e. The summed E-state index contributed by atoms with van der Waals surface area (Å²) < 4.78 is 11.2. The van der Waals surface area contributed by atoms with Crippen molar-refractivity contribution in [1.82, 2.24) is 0 Å². The lowest BCUT2D eigenvalue weighted by Gasteiger charge is -2.27. The highest BCUT2D eigenvalue weighted by Crippen LogP contribution is 2.32. The third-order valence-corrected chi connectivity index (χ3v) is 3.61. The van der Waals surface area contributed by atoms with Crippen LogP contribution in [0.2, 0.25) is 0 Å². The Morgan fingerprint density at radius 2 is 2.05 bits per heavy atom. The van der Waals surface area contributed by atoms with Crippen molar-refractivity contribution in [1.29, 1.82) is 0 Å². The Hall–Kier alpha value is -2.27. The molecule has 21 heavy (non-hydrogen) atoms. The molecule has 0 unspecified atom stereocenters. The third-order valence-electron chi connectivity index (χ3n) is 3.61. The number of anilines is 1. The summed E-state index contributed by atoms with van der Waals surface area (Å²) in [5.74, 6) is 0.571. The molecule has 1 aliphatic rings. The number of morpholine rings is 1.